The summed E-state index contributed by atoms with van der Waals surface area (Å²) in [5, 5.41) is 19.7. The third-order valence-electron chi connectivity index (χ3n) is 15.1. The van der Waals surface area contributed by atoms with Gasteiger partial charge in [-0.15, -0.1) is 34.0 Å². The molecule has 10 nitrogen and oxygen atoms in total. The predicted octanol–water partition coefficient (Wildman–Crippen LogP) is 21.0. The summed E-state index contributed by atoms with van der Waals surface area (Å²) < 4.78 is 34.1. The van der Waals surface area contributed by atoms with Gasteiger partial charge in [-0.25, -0.2) is 4.79 Å². The van der Waals surface area contributed by atoms with Crippen LogP contribution in [0.15, 0.2) is 139 Å². The maximum atomic E-state index is 12.1. The number of carbonyl (C=O) groups is 1. The van der Waals surface area contributed by atoms with E-state index in [9.17, 15) is 15.2 Å². The molecule has 13 heteroatoms. The number of nitriles is 1. The molecule has 0 aliphatic carbocycles. The van der Waals surface area contributed by atoms with Crippen molar-refractivity contribution in [3.05, 3.63) is 144 Å². The Morgan fingerprint density at radius 1 is 0.482 bits per heavy atom. The highest BCUT2D eigenvalue weighted by molar-refractivity contribution is 7.35. The molecule has 0 amide bonds. The van der Waals surface area contributed by atoms with Crippen LogP contribution in [0.1, 0.15) is 135 Å². The van der Waals surface area contributed by atoms with Crippen LogP contribution in [0.3, 0.4) is 0 Å². The lowest BCUT2D eigenvalue weighted by Gasteiger charge is -2.26. The average Bonchev–Trinajstić information content (AvgIpc) is 2.33. The largest absolute Gasteiger partial charge is 0.494 e. The van der Waals surface area contributed by atoms with E-state index in [1.807, 2.05) is 24.3 Å². The molecule has 5 aromatic carbocycles. The lowest BCUT2D eigenvalue weighted by atomic mass is 10.1. The summed E-state index contributed by atoms with van der Waals surface area (Å²) in [6.45, 7) is 11.7. The zero-order valence-corrected chi connectivity index (χ0v) is 50.9. The Bertz CT molecular complexity index is 3730. The second-order valence-electron chi connectivity index (χ2n) is 21.3. The molecule has 1 N–H and O–H groups in total. The molecule has 0 saturated carbocycles. The normalized spacial score (nSPS) is 11.8. The fourth-order valence-electron chi connectivity index (χ4n) is 10.7. The van der Waals surface area contributed by atoms with Gasteiger partial charge in [-0.2, -0.15) is 5.26 Å². The molecule has 0 unspecified atom stereocenters. The van der Waals surface area contributed by atoms with Crippen LogP contribution in [-0.2, 0) is 4.79 Å². The molecule has 0 atom stereocenters. The number of benzene rings is 5. The Morgan fingerprint density at radius 2 is 0.855 bits per heavy atom. The molecular formula is C70H76N4O6S3. The Kier molecular flexibility index (Phi) is 20.3. The van der Waals surface area contributed by atoms with Gasteiger partial charge in [0.15, 0.2) is 0 Å². The summed E-state index contributed by atoms with van der Waals surface area (Å²) >= 11 is 5.08. The summed E-state index contributed by atoms with van der Waals surface area (Å²) in [5.41, 5.74) is 10.1. The van der Waals surface area contributed by atoms with Crippen molar-refractivity contribution in [1.29, 1.82) is 5.26 Å². The van der Waals surface area contributed by atoms with Gasteiger partial charge < -0.3 is 38.1 Å². The summed E-state index contributed by atoms with van der Waals surface area (Å²) in [6, 6.07) is 48.8. The minimum absolute atomic E-state index is 0.304. The van der Waals surface area contributed by atoms with Crippen molar-refractivity contribution >= 4 is 104 Å². The molecule has 0 radical (unpaired) electrons. The molecule has 5 aromatic heterocycles. The van der Waals surface area contributed by atoms with E-state index in [1.165, 1.54) is 91.0 Å². The first-order valence-corrected chi connectivity index (χ1v) is 32.5. The number of ether oxygens (including phenoxy) is 4. The van der Waals surface area contributed by atoms with Gasteiger partial charge in [-0.1, -0.05) is 117 Å². The molecule has 0 bridgehead atoms. The number of hydrogen-bond donors (Lipinski definition) is 1. The fraction of sp³-hybridized carbons (Fsp3) is 0.343. The highest BCUT2D eigenvalue weighted by Crippen LogP contribution is 2.52. The first-order valence-electron chi connectivity index (χ1n) is 30.0. The summed E-state index contributed by atoms with van der Waals surface area (Å²) in [6.07, 6.45) is 19.8. The molecule has 0 saturated heterocycles. The second kappa shape index (κ2) is 28.7. The van der Waals surface area contributed by atoms with Crippen molar-refractivity contribution in [1.82, 2.24) is 9.13 Å². The van der Waals surface area contributed by atoms with E-state index in [0.717, 1.165) is 132 Å². The number of nitrogens with zero attached hydrogens (tertiary/aromatic N) is 4. The van der Waals surface area contributed by atoms with Gasteiger partial charge in [0.2, 0.25) is 0 Å². The van der Waals surface area contributed by atoms with Gasteiger partial charge in [0.1, 0.15) is 34.6 Å². The molecule has 0 fully saturated rings. The number of thiophene rings is 3. The number of carboxylic acids is 1. The quantitative estimate of drug-likeness (QED) is 0.0252. The van der Waals surface area contributed by atoms with Crippen molar-refractivity contribution in [2.24, 2.45) is 0 Å². The molecule has 0 spiro atoms. The van der Waals surface area contributed by atoms with Crippen LogP contribution in [0.25, 0.3) is 68.8 Å². The number of carboxylic acid groups (broad SMARTS) is 1. The Hall–Kier alpha value is -7.50. The van der Waals surface area contributed by atoms with Gasteiger partial charge in [0.25, 0.3) is 0 Å². The van der Waals surface area contributed by atoms with Crippen LogP contribution in [0.4, 0.5) is 17.1 Å². The first kappa shape index (κ1) is 58.7. The molecular weight excluding hydrogens is 1090 g/mol. The van der Waals surface area contributed by atoms with Crippen molar-refractivity contribution in [2.45, 2.75) is 130 Å². The average molecular weight is 1170 g/mol. The van der Waals surface area contributed by atoms with E-state index < -0.39 is 5.97 Å². The number of rotatable bonds is 32. The van der Waals surface area contributed by atoms with Crippen LogP contribution in [-0.4, -0.2) is 46.6 Å². The number of fused-ring (bicyclic) bond motifs is 7. The standard InChI is InChI=1S/C70H76N4O6S3/c1-5-9-13-17-41-77-56-33-25-52(26-34-56)72(53-27-35-57(36-28-53)78-42-18-14-10-6-2)51-23-21-49(22-24-51)63-47-62-67(82-63)69-65(74(62)55-31-39-59(40-32-55)80-44-20-16-12-8-4)64-68(83-69)66-61(46-60(81-66)45-50(48-71)70(75)76)73(64)54-29-37-58(38-30-54)79-43-19-15-11-7-3/h21-40,45-47H,5-20,41-44H2,1-4H3,(H,75,76)/b50-45-. The van der Waals surface area contributed by atoms with Crippen molar-refractivity contribution in [3.63, 3.8) is 0 Å². The van der Waals surface area contributed by atoms with Crippen LogP contribution in [0.5, 0.6) is 23.0 Å². The maximum absolute atomic E-state index is 12.1. The second-order valence-corrected chi connectivity index (χ2v) is 24.4. The van der Waals surface area contributed by atoms with E-state index in [0.29, 0.717) is 31.3 Å². The monoisotopic (exact) mass is 1160 g/mol. The number of aromatic nitrogens is 2. The van der Waals surface area contributed by atoms with E-state index in [4.69, 9.17) is 18.9 Å². The van der Waals surface area contributed by atoms with Crippen molar-refractivity contribution < 1.29 is 28.8 Å². The molecule has 0 aliphatic heterocycles. The van der Waals surface area contributed by atoms with E-state index in [-0.39, 0.29) is 5.57 Å². The summed E-state index contributed by atoms with van der Waals surface area (Å²) in [4.78, 5) is 16.2. The first-order chi connectivity index (χ1) is 40.8. The van der Waals surface area contributed by atoms with Crippen LogP contribution in [0.2, 0.25) is 0 Å². The van der Waals surface area contributed by atoms with Gasteiger partial charge in [-0.05, 0) is 159 Å². The van der Waals surface area contributed by atoms with E-state index >= 15 is 0 Å². The summed E-state index contributed by atoms with van der Waals surface area (Å²) in [7, 11) is 0. The third kappa shape index (κ3) is 13.8. The smallest absolute Gasteiger partial charge is 0.346 e. The number of anilines is 3. The predicted molar refractivity (Wildman–Crippen MR) is 349 cm³/mol. The topological polar surface area (TPSA) is 111 Å². The van der Waals surface area contributed by atoms with Gasteiger partial charge in [-0.3, -0.25) is 0 Å². The molecule has 10 aromatic rings. The maximum Gasteiger partial charge on any atom is 0.346 e. The minimum atomic E-state index is -1.25. The Labute approximate surface area is 500 Å². The SMILES string of the molecule is CCCCCCOc1ccc(N(c2ccc(OCCCCCC)cc2)c2ccc(-c3cc4c(s3)c3sc5c6sc(/C=C(/C#N)C(=O)O)cc6n(-c6ccc(OCCCCCC)cc6)c5c3n4-c3ccc(OCCCCCC)cc3)cc2)cc1. The zero-order valence-electron chi connectivity index (χ0n) is 48.4. The molecule has 430 valence electrons. The van der Waals surface area contributed by atoms with Crippen LogP contribution < -0.4 is 23.8 Å². The van der Waals surface area contributed by atoms with Gasteiger partial charge >= 0.3 is 5.97 Å². The Balaban J connectivity index is 1.06. The van der Waals surface area contributed by atoms with Gasteiger partial charge in [0, 0.05) is 38.2 Å². The highest BCUT2D eigenvalue weighted by atomic mass is 32.1. The van der Waals surface area contributed by atoms with Gasteiger partial charge in [0.05, 0.1) is 67.3 Å². The lowest BCUT2D eigenvalue weighted by Crippen LogP contribution is -2.10. The van der Waals surface area contributed by atoms with Crippen LogP contribution >= 0.6 is 34.0 Å². The van der Waals surface area contributed by atoms with Crippen LogP contribution in [0, 0.1) is 11.3 Å². The highest BCUT2D eigenvalue weighted by Gasteiger charge is 2.28. The zero-order chi connectivity index (χ0) is 57.5. The molecule has 5 heterocycles. The molecule has 10 rings (SSSR count). The number of unbranched alkanes of at least 4 members (excludes halogenated alkanes) is 12. The molecule has 83 heavy (non-hydrogen) atoms. The van der Waals surface area contributed by atoms with E-state index in [2.05, 4.69) is 157 Å². The van der Waals surface area contributed by atoms with E-state index in [1.54, 1.807) is 22.7 Å². The van der Waals surface area contributed by atoms with Crippen molar-refractivity contribution in [2.75, 3.05) is 31.3 Å². The minimum Gasteiger partial charge on any atom is -0.494 e. The fourth-order valence-corrected chi connectivity index (χ4v) is 14.5. The lowest BCUT2D eigenvalue weighted by molar-refractivity contribution is -0.132. The van der Waals surface area contributed by atoms with Crippen molar-refractivity contribution in [3.8, 4) is 50.9 Å². The molecule has 0 aliphatic rings. The number of hydrogen-bond acceptors (Lipinski definition) is 10. The summed E-state index contributed by atoms with van der Waals surface area (Å²) in [5.74, 6) is 2.16. The Morgan fingerprint density at radius 3 is 1.24 bits per heavy atom. The third-order valence-corrected chi connectivity index (χ3v) is 18.9. The number of aliphatic carboxylic acids is 1.